The second-order valence-corrected chi connectivity index (χ2v) is 5.60. The van der Waals surface area contributed by atoms with Gasteiger partial charge in [0.05, 0.1) is 13.7 Å². The van der Waals surface area contributed by atoms with Crippen molar-refractivity contribution in [1.82, 2.24) is 10.9 Å². The molecule has 27 heavy (non-hydrogen) atoms. The van der Waals surface area contributed by atoms with Crippen molar-refractivity contribution in [1.29, 1.82) is 0 Å². The van der Waals surface area contributed by atoms with Crippen LogP contribution in [0.1, 0.15) is 12.5 Å². The molecule has 0 radical (unpaired) electrons. The van der Waals surface area contributed by atoms with Crippen LogP contribution in [0.3, 0.4) is 0 Å². The summed E-state index contributed by atoms with van der Waals surface area (Å²) in [6.07, 6.45) is -0.881. The van der Waals surface area contributed by atoms with Crippen LogP contribution < -0.4 is 20.3 Å². The third-order valence-corrected chi connectivity index (χ3v) is 3.46. The summed E-state index contributed by atoms with van der Waals surface area (Å²) in [6, 6.07) is 12.5. The van der Waals surface area contributed by atoms with E-state index in [4.69, 9.17) is 14.2 Å². The Kier molecular flexibility index (Phi) is 7.57. The third kappa shape index (κ3) is 6.95. The monoisotopic (exact) mass is 376 g/mol. The molecule has 0 aliphatic heterocycles. The Hall–Kier alpha value is -3.13. The van der Waals surface area contributed by atoms with Crippen molar-refractivity contribution < 1.29 is 28.2 Å². The van der Waals surface area contributed by atoms with E-state index in [1.54, 1.807) is 19.2 Å². The number of hydrogen-bond donors (Lipinski definition) is 2. The number of ether oxygens (including phenoxy) is 3. The summed E-state index contributed by atoms with van der Waals surface area (Å²) < 4.78 is 28.6. The largest absolute Gasteiger partial charge is 0.497 e. The SMILES string of the molecule is COc1cccc(COCC(=O)NNC(=O)C(C)Oc2ccc(F)cc2)c1. The molecule has 0 saturated heterocycles. The molecule has 0 bridgehead atoms. The summed E-state index contributed by atoms with van der Waals surface area (Å²) in [5.74, 6) is -0.434. The number of hydrogen-bond acceptors (Lipinski definition) is 5. The molecule has 2 amide bonds. The topological polar surface area (TPSA) is 85.9 Å². The van der Waals surface area contributed by atoms with Crippen LogP contribution in [0.5, 0.6) is 11.5 Å². The molecule has 0 spiro atoms. The van der Waals surface area contributed by atoms with Crippen molar-refractivity contribution in [2.45, 2.75) is 19.6 Å². The Morgan fingerprint density at radius 3 is 2.52 bits per heavy atom. The van der Waals surface area contributed by atoms with E-state index in [9.17, 15) is 14.0 Å². The van der Waals surface area contributed by atoms with Gasteiger partial charge in [-0.05, 0) is 48.9 Å². The Morgan fingerprint density at radius 1 is 1.07 bits per heavy atom. The highest BCUT2D eigenvalue weighted by molar-refractivity contribution is 5.85. The van der Waals surface area contributed by atoms with Crippen LogP contribution >= 0.6 is 0 Å². The molecule has 8 heteroatoms. The second-order valence-electron chi connectivity index (χ2n) is 5.60. The smallest absolute Gasteiger partial charge is 0.279 e. The van der Waals surface area contributed by atoms with Gasteiger partial charge in [0.25, 0.3) is 11.8 Å². The minimum Gasteiger partial charge on any atom is -0.497 e. The highest BCUT2D eigenvalue weighted by atomic mass is 19.1. The Bertz CT molecular complexity index is 767. The number of carbonyl (C=O) groups is 2. The van der Waals surface area contributed by atoms with E-state index in [-0.39, 0.29) is 13.2 Å². The summed E-state index contributed by atoms with van der Waals surface area (Å²) in [6.45, 7) is 1.50. The Morgan fingerprint density at radius 2 is 1.81 bits per heavy atom. The van der Waals surface area contributed by atoms with Crippen molar-refractivity contribution in [2.24, 2.45) is 0 Å². The van der Waals surface area contributed by atoms with Crippen molar-refractivity contribution in [3.63, 3.8) is 0 Å². The molecule has 1 unspecified atom stereocenters. The third-order valence-electron chi connectivity index (χ3n) is 3.46. The zero-order valence-electron chi connectivity index (χ0n) is 15.0. The minimum absolute atomic E-state index is 0.225. The fourth-order valence-corrected chi connectivity index (χ4v) is 2.06. The van der Waals surface area contributed by atoms with Crippen molar-refractivity contribution >= 4 is 11.8 Å². The predicted molar refractivity (Wildman–Crippen MR) is 95.4 cm³/mol. The Labute approximate surface area is 156 Å². The van der Waals surface area contributed by atoms with E-state index in [2.05, 4.69) is 10.9 Å². The van der Waals surface area contributed by atoms with Crippen molar-refractivity contribution in [2.75, 3.05) is 13.7 Å². The summed E-state index contributed by atoms with van der Waals surface area (Å²) in [5.41, 5.74) is 5.34. The molecule has 2 rings (SSSR count). The molecule has 0 aromatic heterocycles. The summed E-state index contributed by atoms with van der Waals surface area (Å²) in [4.78, 5) is 23.6. The Balaban J connectivity index is 1.67. The van der Waals surface area contributed by atoms with Crippen molar-refractivity contribution in [3.05, 3.63) is 59.9 Å². The molecule has 0 heterocycles. The van der Waals surface area contributed by atoms with E-state index in [0.717, 1.165) is 5.56 Å². The molecule has 1 atom stereocenters. The number of halogens is 1. The van der Waals surface area contributed by atoms with Gasteiger partial charge in [0.2, 0.25) is 0 Å². The van der Waals surface area contributed by atoms with Crippen LogP contribution in [0.4, 0.5) is 4.39 Å². The van der Waals surface area contributed by atoms with E-state index >= 15 is 0 Å². The lowest BCUT2D eigenvalue weighted by atomic mass is 10.2. The van der Waals surface area contributed by atoms with Gasteiger partial charge >= 0.3 is 0 Å². The van der Waals surface area contributed by atoms with E-state index in [0.29, 0.717) is 11.5 Å². The van der Waals surface area contributed by atoms with Crippen LogP contribution in [0.25, 0.3) is 0 Å². The molecule has 0 saturated carbocycles. The van der Waals surface area contributed by atoms with E-state index in [1.165, 1.54) is 31.2 Å². The fraction of sp³-hybridized carbons (Fsp3) is 0.263. The molecule has 7 nitrogen and oxygen atoms in total. The first-order chi connectivity index (χ1) is 13.0. The van der Waals surface area contributed by atoms with Gasteiger partial charge in [0.15, 0.2) is 6.10 Å². The lowest BCUT2D eigenvalue weighted by Gasteiger charge is -2.15. The number of nitrogens with one attached hydrogen (secondary N) is 2. The zero-order valence-corrected chi connectivity index (χ0v) is 15.0. The maximum atomic E-state index is 12.8. The summed E-state index contributed by atoms with van der Waals surface area (Å²) in [5, 5.41) is 0. The highest BCUT2D eigenvalue weighted by Crippen LogP contribution is 2.13. The van der Waals surface area contributed by atoms with Crippen LogP contribution in [0.2, 0.25) is 0 Å². The standard InChI is InChI=1S/C19H21FN2O5/c1-13(27-16-8-6-15(20)7-9-16)19(24)22-21-18(23)12-26-11-14-4-3-5-17(10-14)25-2/h3-10,13H,11-12H2,1-2H3,(H,21,23)(H,22,24). The molecular weight excluding hydrogens is 355 g/mol. The van der Waals surface area contributed by atoms with Gasteiger partial charge in [-0.15, -0.1) is 0 Å². The van der Waals surface area contributed by atoms with Crippen LogP contribution in [0.15, 0.2) is 48.5 Å². The molecule has 0 aliphatic carbocycles. The number of rotatable bonds is 8. The first-order valence-corrected chi connectivity index (χ1v) is 8.19. The normalized spacial score (nSPS) is 11.4. The average Bonchev–Trinajstić information content (AvgIpc) is 2.68. The lowest BCUT2D eigenvalue weighted by Crippen LogP contribution is -2.48. The van der Waals surface area contributed by atoms with Crippen molar-refractivity contribution in [3.8, 4) is 11.5 Å². The summed E-state index contributed by atoms with van der Waals surface area (Å²) >= 11 is 0. The number of amides is 2. The molecule has 0 fully saturated rings. The number of carbonyl (C=O) groups excluding carboxylic acids is 2. The molecule has 144 valence electrons. The predicted octanol–water partition coefficient (Wildman–Crippen LogP) is 1.97. The zero-order chi connectivity index (χ0) is 19.6. The lowest BCUT2D eigenvalue weighted by molar-refractivity contribution is -0.134. The molecule has 2 aromatic rings. The van der Waals surface area contributed by atoms with Gasteiger partial charge < -0.3 is 14.2 Å². The summed E-state index contributed by atoms with van der Waals surface area (Å²) in [7, 11) is 1.57. The molecule has 2 aromatic carbocycles. The molecule has 0 aliphatic rings. The van der Waals surface area contributed by atoms with E-state index in [1.807, 2.05) is 12.1 Å². The van der Waals surface area contributed by atoms with Gasteiger partial charge in [-0.1, -0.05) is 12.1 Å². The molecule has 2 N–H and O–H groups in total. The first-order valence-electron chi connectivity index (χ1n) is 8.19. The fourth-order valence-electron chi connectivity index (χ4n) is 2.06. The van der Waals surface area contributed by atoms with Gasteiger partial charge in [-0.3, -0.25) is 20.4 Å². The quantitative estimate of drug-likeness (QED) is 0.688. The number of hydrazine groups is 1. The highest BCUT2D eigenvalue weighted by Gasteiger charge is 2.15. The van der Waals surface area contributed by atoms with Gasteiger partial charge in [-0.25, -0.2) is 4.39 Å². The van der Waals surface area contributed by atoms with Crippen LogP contribution in [0, 0.1) is 5.82 Å². The first kappa shape index (κ1) is 20.2. The van der Waals surface area contributed by atoms with Gasteiger partial charge in [0, 0.05) is 0 Å². The molecular formula is C19H21FN2O5. The maximum Gasteiger partial charge on any atom is 0.279 e. The second kappa shape index (κ2) is 10.1. The van der Waals surface area contributed by atoms with E-state index < -0.39 is 23.7 Å². The average molecular weight is 376 g/mol. The number of benzene rings is 2. The maximum absolute atomic E-state index is 12.8. The number of methoxy groups -OCH3 is 1. The minimum atomic E-state index is -0.881. The van der Waals surface area contributed by atoms with Gasteiger partial charge in [-0.2, -0.15) is 0 Å². The van der Waals surface area contributed by atoms with Gasteiger partial charge in [0.1, 0.15) is 23.9 Å². The van der Waals surface area contributed by atoms with Crippen LogP contribution in [-0.4, -0.2) is 31.6 Å². The van der Waals surface area contributed by atoms with Crippen LogP contribution in [-0.2, 0) is 20.9 Å².